The smallest absolute Gasteiger partial charge is 0.303 e. The SMILES string of the molecule is CCn1c2ccccc2c2cc(NC(=O)C(C)Sc3cccc(NC(=O)CCC(=O)O)c3)ccc21. The van der Waals surface area contributed by atoms with Gasteiger partial charge in [0.25, 0.3) is 0 Å². The number of carboxylic acids is 1. The maximum Gasteiger partial charge on any atom is 0.303 e. The number of rotatable bonds is 9. The van der Waals surface area contributed by atoms with Crippen molar-refractivity contribution in [1.29, 1.82) is 0 Å². The molecule has 1 atom stereocenters. The number of nitrogens with one attached hydrogen (secondary N) is 2. The van der Waals surface area contributed by atoms with Crippen molar-refractivity contribution in [2.24, 2.45) is 0 Å². The average Bonchev–Trinajstić information content (AvgIpc) is 3.16. The Morgan fingerprint density at radius 3 is 2.40 bits per heavy atom. The first kappa shape index (κ1) is 24.3. The monoisotopic (exact) mass is 489 g/mol. The van der Waals surface area contributed by atoms with Crippen molar-refractivity contribution in [3.63, 3.8) is 0 Å². The van der Waals surface area contributed by atoms with Gasteiger partial charge in [-0.15, -0.1) is 11.8 Å². The Morgan fingerprint density at radius 2 is 1.63 bits per heavy atom. The lowest BCUT2D eigenvalue weighted by Gasteiger charge is -2.13. The molecule has 0 spiro atoms. The minimum Gasteiger partial charge on any atom is -0.481 e. The van der Waals surface area contributed by atoms with Crippen LogP contribution in [0.5, 0.6) is 0 Å². The van der Waals surface area contributed by atoms with Gasteiger partial charge >= 0.3 is 5.97 Å². The van der Waals surface area contributed by atoms with E-state index in [-0.39, 0.29) is 29.9 Å². The number of hydrogen-bond acceptors (Lipinski definition) is 4. The summed E-state index contributed by atoms with van der Waals surface area (Å²) in [5.41, 5.74) is 3.62. The Bertz CT molecular complexity index is 1410. The van der Waals surface area contributed by atoms with E-state index in [9.17, 15) is 14.4 Å². The van der Waals surface area contributed by atoms with Crippen LogP contribution in [-0.4, -0.2) is 32.7 Å². The number of aliphatic carboxylic acids is 1. The van der Waals surface area contributed by atoms with Crippen LogP contribution in [0.1, 0.15) is 26.7 Å². The largest absolute Gasteiger partial charge is 0.481 e. The molecule has 4 rings (SSSR count). The molecular formula is C27H27N3O4S. The number of carboxylic acid groups (broad SMARTS) is 1. The minimum atomic E-state index is -1.01. The molecule has 2 amide bonds. The molecule has 7 nitrogen and oxygen atoms in total. The summed E-state index contributed by atoms with van der Waals surface area (Å²) in [5.74, 6) is -1.50. The molecule has 0 bridgehead atoms. The zero-order valence-electron chi connectivity index (χ0n) is 19.6. The molecule has 1 aromatic heterocycles. The zero-order valence-corrected chi connectivity index (χ0v) is 20.4. The number of aromatic nitrogens is 1. The average molecular weight is 490 g/mol. The van der Waals surface area contributed by atoms with E-state index in [0.717, 1.165) is 33.4 Å². The molecule has 4 aromatic rings. The highest BCUT2D eigenvalue weighted by atomic mass is 32.2. The predicted octanol–water partition coefficient (Wildman–Crippen LogP) is 5.74. The molecule has 0 aliphatic carbocycles. The van der Waals surface area contributed by atoms with Crippen LogP contribution in [0.3, 0.4) is 0 Å². The summed E-state index contributed by atoms with van der Waals surface area (Å²) >= 11 is 1.38. The summed E-state index contributed by atoms with van der Waals surface area (Å²) < 4.78 is 2.27. The fourth-order valence-corrected chi connectivity index (χ4v) is 4.99. The van der Waals surface area contributed by atoms with Gasteiger partial charge in [0, 0.05) is 51.0 Å². The summed E-state index contributed by atoms with van der Waals surface area (Å²) in [6.45, 7) is 4.82. The fraction of sp³-hybridized carbons (Fsp3) is 0.222. The summed E-state index contributed by atoms with van der Waals surface area (Å²) in [6.07, 6.45) is -0.311. The number of carbonyl (C=O) groups is 3. The van der Waals surface area contributed by atoms with Gasteiger partial charge < -0.3 is 20.3 Å². The number of amides is 2. The quantitative estimate of drug-likeness (QED) is 0.261. The van der Waals surface area contributed by atoms with Crippen LogP contribution >= 0.6 is 11.8 Å². The molecule has 0 fully saturated rings. The number of anilines is 2. The summed E-state index contributed by atoms with van der Waals surface area (Å²) in [6, 6.07) is 21.4. The van der Waals surface area contributed by atoms with E-state index >= 15 is 0 Å². The van der Waals surface area contributed by atoms with E-state index in [1.54, 1.807) is 18.2 Å². The second-order valence-corrected chi connectivity index (χ2v) is 9.63. The van der Waals surface area contributed by atoms with Crippen molar-refractivity contribution in [1.82, 2.24) is 4.57 Å². The number of nitrogens with zero attached hydrogens (tertiary/aromatic N) is 1. The molecule has 180 valence electrons. The molecule has 8 heteroatoms. The first-order chi connectivity index (χ1) is 16.9. The third-order valence-corrected chi connectivity index (χ3v) is 6.82. The van der Waals surface area contributed by atoms with Crippen molar-refractivity contribution in [3.8, 4) is 0 Å². The molecule has 0 aliphatic rings. The Hall–Kier alpha value is -3.78. The second-order valence-electron chi connectivity index (χ2n) is 8.21. The third-order valence-electron chi connectivity index (χ3n) is 5.72. The minimum absolute atomic E-state index is 0.0905. The molecule has 1 unspecified atom stereocenters. The number of hydrogen-bond donors (Lipinski definition) is 3. The maximum atomic E-state index is 12.9. The number of carbonyl (C=O) groups excluding carboxylic acids is 2. The van der Waals surface area contributed by atoms with Crippen LogP contribution in [0, 0.1) is 0 Å². The zero-order chi connectivity index (χ0) is 24.9. The Balaban J connectivity index is 1.44. The van der Waals surface area contributed by atoms with E-state index in [4.69, 9.17) is 5.11 Å². The molecular weight excluding hydrogens is 462 g/mol. The van der Waals surface area contributed by atoms with Crippen molar-refractivity contribution in [3.05, 3.63) is 66.7 Å². The van der Waals surface area contributed by atoms with Gasteiger partial charge in [-0.3, -0.25) is 14.4 Å². The number of thioether (sulfide) groups is 1. The van der Waals surface area contributed by atoms with Crippen LogP contribution in [0.4, 0.5) is 11.4 Å². The third kappa shape index (κ3) is 5.66. The summed E-state index contributed by atoms with van der Waals surface area (Å²) in [7, 11) is 0. The molecule has 1 heterocycles. The van der Waals surface area contributed by atoms with Crippen molar-refractivity contribution in [2.45, 2.75) is 43.4 Å². The Morgan fingerprint density at radius 1 is 0.886 bits per heavy atom. The standard InChI is InChI=1S/C27H27N3O4S/c1-3-30-23-10-5-4-9-21(23)22-16-19(11-12-24(22)30)29-27(34)17(2)35-20-8-6-7-18(15-20)28-25(31)13-14-26(32)33/h4-12,15-17H,3,13-14H2,1-2H3,(H,28,31)(H,29,34)(H,32,33). The van der Waals surface area contributed by atoms with Crippen LogP contribution in [0.2, 0.25) is 0 Å². The number of benzene rings is 3. The predicted molar refractivity (Wildman–Crippen MR) is 141 cm³/mol. The van der Waals surface area contributed by atoms with Gasteiger partial charge in [0.15, 0.2) is 0 Å². The Kier molecular flexibility index (Phi) is 7.41. The van der Waals surface area contributed by atoms with Gasteiger partial charge in [0.1, 0.15) is 0 Å². The summed E-state index contributed by atoms with van der Waals surface area (Å²) in [4.78, 5) is 36.3. The van der Waals surface area contributed by atoms with E-state index in [2.05, 4.69) is 34.3 Å². The normalized spacial score (nSPS) is 11.9. The lowest BCUT2D eigenvalue weighted by atomic mass is 10.1. The van der Waals surface area contributed by atoms with Gasteiger partial charge in [-0.2, -0.15) is 0 Å². The lowest BCUT2D eigenvalue weighted by molar-refractivity contribution is -0.138. The number of para-hydroxylation sites is 1. The van der Waals surface area contributed by atoms with Crippen LogP contribution < -0.4 is 10.6 Å². The number of fused-ring (bicyclic) bond motifs is 3. The van der Waals surface area contributed by atoms with Crippen LogP contribution in [0.15, 0.2) is 71.6 Å². The molecule has 0 saturated heterocycles. The first-order valence-electron chi connectivity index (χ1n) is 11.5. The van der Waals surface area contributed by atoms with E-state index in [1.165, 1.54) is 17.3 Å². The molecule has 0 aliphatic heterocycles. The van der Waals surface area contributed by atoms with Crippen molar-refractivity contribution in [2.75, 3.05) is 10.6 Å². The maximum absolute atomic E-state index is 12.9. The van der Waals surface area contributed by atoms with Gasteiger partial charge in [0.2, 0.25) is 11.8 Å². The van der Waals surface area contributed by atoms with Crippen LogP contribution in [0.25, 0.3) is 21.8 Å². The van der Waals surface area contributed by atoms with E-state index in [1.807, 2.05) is 43.3 Å². The van der Waals surface area contributed by atoms with Gasteiger partial charge in [0.05, 0.1) is 11.7 Å². The highest BCUT2D eigenvalue weighted by Crippen LogP contribution is 2.32. The van der Waals surface area contributed by atoms with Gasteiger partial charge in [-0.25, -0.2) is 0 Å². The Labute approximate surface area is 207 Å². The van der Waals surface area contributed by atoms with E-state index in [0.29, 0.717) is 5.69 Å². The van der Waals surface area contributed by atoms with E-state index < -0.39 is 5.97 Å². The highest BCUT2D eigenvalue weighted by molar-refractivity contribution is 8.00. The van der Waals surface area contributed by atoms with Gasteiger partial charge in [-0.1, -0.05) is 24.3 Å². The molecule has 3 N–H and O–H groups in total. The second kappa shape index (κ2) is 10.7. The molecule has 0 saturated carbocycles. The molecule has 0 radical (unpaired) electrons. The van der Waals surface area contributed by atoms with Gasteiger partial charge in [-0.05, 0) is 56.3 Å². The molecule has 35 heavy (non-hydrogen) atoms. The fourth-order valence-electron chi connectivity index (χ4n) is 4.06. The first-order valence-corrected chi connectivity index (χ1v) is 12.3. The van der Waals surface area contributed by atoms with Crippen molar-refractivity contribution >= 4 is 62.7 Å². The summed E-state index contributed by atoms with van der Waals surface area (Å²) in [5, 5.41) is 16.3. The highest BCUT2D eigenvalue weighted by Gasteiger charge is 2.17. The van der Waals surface area contributed by atoms with Crippen molar-refractivity contribution < 1.29 is 19.5 Å². The lowest BCUT2D eigenvalue weighted by Crippen LogP contribution is -2.22. The van der Waals surface area contributed by atoms with Crippen LogP contribution in [-0.2, 0) is 20.9 Å². The molecule has 3 aromatic carbocycles. The topological polar surface area (TPSA) is 100 Å². The number of aryl methyl sites for hydroxylation is 1.